The summed E-state index contributed by atoms with van der Waals surface area (Å²) < 4.78 is 25.9. The Balaban J connectivity index is 2.81. The highest BCUT2D eigenvalue weighted by molar-refractivity contribution is 7.92. The lowest BCUT2D eigenvalue weighted by Gasteiger charge is -2.11. The number of non-ortho nitro benzene ring substituents is 1. The fourth-order valence-corrected chi connectivity index (χ4v) is 2.62. The molecule has 0 unspecified atom stereocenters. The summed E-state index contributed by atoms with van der Waals surface area (Å²) in [5.74, 6) is -0.149. The highest BCUT2D eigenvalue weighted by atomic mass is 35.5. The molecule has 0 aliphatic carbocycles. The van der Waals surface area contributed by atoms with Crippen molar-refractivity contribution in [2.45, 2.75) is 19.9 Å². The van der Waals surface area contributed by atoms with Crippen LogP contribution in [-0.4, -0.2) is 31.7 Å². The van der Waals surface area contributed by atoms with Crippen molar-refractivity contribution in [1.82, 2.24) is 5.32 Å². The Morgan fingerprint density at radius 2 is 2.05 bits per heavy atom. The maximum Gasteiger partial charge on any atom is 0.271 e. The van der Waals surface area contributed by atoms with Crippen LogP contribution in [0, 0.1) is 10.1 Å². The number of rotatable bonds is 7. The second-order valence-corrected chi connectivity index (χ2v) is 6.70. The summed E-state index contributed by atoms with van der Waals surface area (Å²) >= 11 is 5.83. The van der Waals surface area contributed by atoms with Gasteiger partial charge >= 0.3 is 0 Å². The fraction of sp³-hybridized carbons (Fsp3) is 0.455. The van der Waals surface area contributed by atoms with E-state index in [1.165, 1.54) is 12.1 Å². The predicted molar refractivity (Wildman–Crippen MR) is 78.7 cm³/mol. The number of benzene rings is 1. The van der Waals surface area contributed by atoms with Gasteiger partial charge in [-0.15, -0.1) is 0 Å². The molecule has 1 rings (SSSR count). The minimum Gasteiger partial charge on any atom is -0.313 e. The van der Waals surface area contributed by atoms with E-state index < -0.39 is 14.9 Å². The van der Waals surface area contributed by atoms with E-state index >= 15 is 0 Å². The van der Waals surface area contributed by atoms with Crippen LogP contribution in [0.25, 0.3) is 0 Å². The molecule has 0 amide bonds. The summed E-state index contributed by atoms with van der Waals surface area (Å²) in [6.07, 6.45) is 0. The molecule has 0 bridgehead atoms. The Labute approximate surface area is 122 Å². The molecule has 0 saturated heterocycles. The topological polar surface area (TPSA) is 101 Å². The van der Waals surface area contributed by atoms with E-state index in [4.69, 9.17) is 11.6 Å². The summed E-state index contributed by atoms with van der Waals surface area (Å²) in [7, 11) is -3.61. The lowest BCUT2D eigenvalue weighted by molar-refractivity contribution is -0.384. The normalized spacial score (nSPS) is 11.6. The molecule has 1 aromatic rings. The third kappa shape index (κ3) is 5.32. The first-order valence-electron chi connectivity index (χ1n) is 5.89. The average Bonchev–Trinajstić information content (AvgIpc) is 2.30. The molecule has 0 aliphatic heterocycles. The molecule has 2 N–H and O–H groups in total. The van der Waals surface area contributed by atoms with Crippen LogP contribution in [0.15, 0.2) is 18.2 Å². The van der Waals surface area contributed by atoms with Gasteiger partial charge in [-0.1, -0.05) is 25.4 Å². The monoisotopic (exact) mass is 321 g/mol. The Hall–Kier alpha value is -1.38. The lowest BCUT2D eigenvalue weighted by Crippen LogP contribution is -2.31. The smallest absolute Gasteiger partial charge is 0.271 e. The van der Waals surface area contributed by atoms with Crippen LogP contribution < -0.4 is 10.0 Å². The Kier molecular flexibility index (Phi) is 5.73. The van der Waals surface area contributed by atoms with Crippen molar-refractivity contribution >= 4 is 33.0 Å². The van der Waals surface area contributed by atoms with E-state index in [0.29, 0.717) is 0 Å². The first kappa shape index (κ1) is 16.7. The molecule has 7 nitrogen and oxygen atoms in total. The molecule has 0 aliphatic rings. The highest BCUT2D eigenvalue weighted by Gasteiger charge is 2.15. The number of nitrogens with zero attached hydrogens (tertiary/aromatic N) is 1. The molecule has 0 fully saturated rings. The largest absolute Gasteiger partial charge is 0.313 e. The number of nitrogens with one attached hydrogen (secondary N) is 2. The summed E-state index contributed by atoms with van der Waals surface area (Å²) in [6.45, 7) is 4.08. The van der Waals surface area contributed by atoms with E-state index in [2.05, 4.69) is 10.0 Å². The number of anilines is 1. The number of nitro groups is 1. The summed E-state index contributed by atoms with van der Waals surface area (Å²) in [6, 6.07) is 3.76. The van der Waals surface area contributed by atoms with Crippen molar-refractivity contribution in [2.75, 3.05) is 17.0 Å². The lowest BCUT2D eigenvalue weighted by atomic mass is 10.3. The van der Waals surface area contributed by atoms with Gasteiger partial charge in [-0.3, -0.25) is 14.8 Å². The van der Waals surface area contributed by atoms with Gasteiger partial charge in [0.25, 0.3) is 5.69 Å². The van der Waals surface area contributed by atoms with Gasteiger partial charge in [-0.2, -0.15) is 0 Å². The molecule has 20 heavy (non-hydrogen) atoms. The number of nitro benzene ring substituents is 1. The third-order valence-electron chi connectivity index (χ3n) is 2.35. The molecule has 9 heteroatoms. The molecule has 0 aromatic heterocycles. The van der Waals surface area contributed by atoms with Gasteiger partial charge in [0.2, 0.25) is 10.0 Å². The highest BCUT2D eigenvalue weighted by Crippen LogP contribution is 2.27. The van der Waals surface area contributed by atoms with Crippen LogP contribution in [0.3, 0.4) is 0 Å². The fourth-order valence-electron chi connectivity index (χ4n) is 1.41. The maximum atomic E-state index is 11.8. The van der Waals surface area contributed by atoms with Crippen molar-refractivity contribution in [1.29, 1.82) is 0 Å². The first-order valence-corrected chi connectivity index (χ1v) is 7.92. The Morgan fingerprint density at radius 3 is 2.60 bits per heavy atom. The van der Waals surface area contributed by atoms with Crippen molar-refractivity contribution in [3.8, 4) is 0 Å². The molecule has 112 valence electrons. The SMILES string of the molecule is CC(C)NCCS(=O)(=O)Nc1cc([N+](=O)[O-])ccc1Cl. The molecule has 0 saturated carbocycles. The second kappa shape index (κ2) is 6.87. The van der Waals surface area contributed by atoms with Gasteiger partial charge in [0, 0.05) is 24.7 Å². The average molecular weight is 322 g/mol. The van der Waals surface area contributed by atoms with Gasteiger partial charge in [-0.05, 0) is 6.07 Å². The minimum atomic E-state index is -3.61. The van der Waals surface area contributed by atoms with E-state index in [-0.39, 0.29) is 34.7 Å². The number of hydrogen-bond donors (Lipinski definition) is 2. The van der Waals surface area contributed by atoms with E-state index in [9.17, 15) is 18.5 Å². The number of sulfonamides is 1. The quantitative estimate of drug-likeness (QED) is 0.590. The summed E-state index contributed by atoms with van der Waals surface area (Å²) in [5.41, 5.74) is -0.224. The zero-order valence-corrected chi connectivity index (χ0v) is 12.7. The number of hydrogen-bond acceptors (Lipinski definition) is 5. The molecular formula is C11H16ClN3O4S. The minimum absolute atomic E-state index is 0.00501. The first-order chi connectivity index (χ1) is 9.21. The van der Waals surface area contributed by atoms with Crippen molar-refractivity contribution < 1.29 is 13.3 Å². The molecule has 0 atom stereocenters. The number of halogens is 1. The van der Waals surface area contributed by atoms with Gasteiger partial charge in [0.1, 0.15) is 0 Å². The van der Waals surface area contributed by atoms with Crippen LogP contribution >= 0.6 is 11.6 Å². The van der Waals surface area contributed by atoms with Crippen molar-refractivity contribution in [3.63, 3.8) is 0 Å². The van der Waals surface area contributed by atoms with E-state index in [1.807, 2.05) is 13.8 Å². The Morgan fingerprint density at radius 1 is 1.40 bits per heavy atom. The van der Waals surface area contributed by atoms with Crippen molar-refractivity contribution in [3.05, 3.63) is 33.3 Å². The standard InChI is InChI=1S/C11H16ClN3O4S/c1-8(2)13-5-6-20(18,19)14-11-7-9(15(16)17)3-4-10(11)12/h3-4,7-8,13-14H,5-6H2,1-2H3. The van der Waals surface area contributed by atoms with Crippen LogP contribution in [-0.2, 0) is 10.0 Å². The Bertz CT molecular complexity index is 589. The predicted octanol–water partition coefficient (Wildman–Crippen LogP) is 1.99. The molecule has 1 aromatic carbocycles. The second-order valence-electron chi connectivity index (χ2n) is 4.45. The molecule has 0 heterocycles. The zero-order valence-electron chi connectivity index (χ0n) is 11.1. The zero-order chi connectivity index (χ0) is 15.3. The van der Waals surface area contributed by atoms with Gasteiger partial charge in [-0.25, -0.2) is 8.42 Å². The third-order valence-corrected chi connectivity index (χ3v) is 3.95. The van der Waals surface area contributed by atoms with Crippen molar-refractivity contribution in [2.24, 2.45) is 0 Å². The van der Waals surface area contributed by atoms with E-state index in [0.717, 1.165) is 6.07 Å². The molecule has 0 spiro atoms. The van der Waals surface area contributed by atoms with Crippen LogP contribution in [0.5, 0.6) is 0 Å². The van der Waals surface area contributed by atoms with Crippen LogP contribution in [0.2, 0.25) is 5.02 Å². The summed E-state index contributed by atoms with van der Waals surface area (Å²) in [4.78, 5) is 10.0. The van der Waals surface area contributed by atoms with Crippen LogP contribution in [0.1, 0.15) is 13.8 Å². The maximum absolute atomic E-state index is 11.8. The van der Waals surface area contributed by atoms with Gasteiger partial charge < -0.3 is 5.32 Å². The summed E-state index contributed by atoms with van der Waals surface area (Å²) in [5, 5.41) is 13.7. The molecular weight excluding hydrogens is 306 g/mol. The van der Waals surface area contributed by atoms with Gasteiger partial charge in [0.05, 0.1) is 21.4 Å². The van der Waals surface area contributed by atoms with E-state index in [1.54, 1.807) is 0 Å². The molecule has 0 radical (unpaired) electrons. The van der Waals surface area contributed by atoms with Crippen LogP contribution in [0.4, 0.5) is 11.4 Å². The van der Waals surface area contributed by atoms with Gasteiger partial charge in [0.15, 0.2) is 0 Å².